The molecular weight excluding hydrogens is 230 g/mol. The Balaban J connectivity index is 2.23. The van der Waals surface area contributed by atoms with Crippen LogP contribution in [0.25, 0.3) is 0 Å². The van der Waals surface area contributed by atoms with Gasteiger partial charge in [0.25, 0.3) is 0 Å². The van der Waals surface area contributed by atoms with Gasteiger partial charge in [0.05, 0.1) is 5.69 Å². The monoisotopic (exact) mass is 249 g/mol. The number of anilines is 1. The van der Waals surface area contributed by atoms with Crippen LogP contribution in [0.15, 0.2) is 0 Å². The summed E-state index contributed by atoms with van der Waals surface area (Å²) in [7, 11) is 0. The van der Waals surface area contributed by atoms with Gasteiger partial charge < -0.3 is 4.90 Å². The van der Waals surface area contributed by atoms with Gasteiger partial charge in [0.1, 0.15) is 10.9 Å². The van der Waals surface area contributed by atoms with Crippen LogP contribution in [0.3, 0.4) is 0 Å². The molecule has 3 nitrogen and oxygen atoms in total. The van der Waals surface area contributed by atoms with Crippen molar-refractivity contribution in [3.05, 3.63) is 10.6 Å². The first-order chi connectivity index (χ1) is 8.26. The SMILES string of the molecule is CCCc1nc(N2CCCCC2C)sc1C#N. The molecule has 1 saturated heterocycles. The summed E-state index contributed by atoms with van der Waals surface area (Å²) >= 11 is 1.56. The Kier molecular flexibility index (Phi) is 4.01. The zero-order chi connectivity index (χ0) is 12.3. The maximum Gasteiger partial charge on any atom is 0.187 e. The molecule has 0 amide bonds. The second kappa shape index (κ2) is 5.50. The molecule has 1 aliphatic heterocycles. The summed E-state index contributed by atoms with van der Waals surface area (Å²) < 4.78 is 0. The summed E-state index contributed by atoms with van der Waals surface area (Å²) in [4.78, 5) is 7.84. The molecular formula is C13H19N3S. The van der Waals surface area contributed by atoms with E-state index in [1.807, 2.05) is 0 Å². The first kappa shape index (κ1) is 12.4. The van der Waals surface area contributed by atoms with Gasteiger partial charge in [-0.15, -0.1) is 0 Å². The topological polar surface area (TPSA) is 39.9 Å². The molecule has 4 heteroatoms. The van der Waals surface area contributed by atoms with E-state index in [9.17, 15) is 0 Å². The largest absolute Gasteiger partial charge is 0.345 e. The number of rotatable bonds is 3. The Hall–Kier alpha value is -1.08. The lowest BCUT2D eigenvalue weighted by Gasteiger charge is -2.33. The molecule has 1 fully saturated rings. The van der Waals surface area contributed by atoms with Crippen molar-refractivity contribution in [3.63, 3.8) is 0 Å². The number of aromatic nitrogens is 1. The van der Waals surface area contributed by atoms with Gasteiger partial charge in [-0.3, -0.25) is 0 Å². The van der Waals surface area contributed by atoms with E-state index in [4.69, 9.17) is 5.26 Å². The maximum absolute atomic E-state index is 9.12. The highest BCUT2D eigenvalue weighted by molar-refractivity contribution is 7.16. The number of aryl methyl sites for hydroxylation is 1. The van der Waals surface area contributed by atoms with Crippen LogP contribution >= 0.6 is 11.3 Å². The minimum Gasteiger partial charge on any atom is -0.345 e. The molecule has 1 aromatic rings. The molecule has 92 valence electrons. The molecule has 0 bridgehead atoms. The van der Waals surface area contributed by atoms with Crippen LogP contribution in [-0.4, -0.2) is 17.6 Å². The molecule has 17 heavy (non-hydrogen) atoms. The van der Waals surface area contributed by atoms with Gasteiger partial charge in [0.15, 0.2) is 5.13 Å². The Morgan fingerprint density at radius 3 is 3.00 bits per heavy atom. The molecule has 1 atom stereocenters. The minimum absolute atomic E-state index is 0.566. The highest BCUT2D eigenvalue weighted by Crippen LogP contribution is 2.31. The number of hydrogen-bond acceptors (Lipinski definition) is 4. The number of piperidine rings is 1. The number of nitriles is 1. The van der Waals surface area contributed by atoms with E-state index in [0.29, 0.717) is 6.04 Å². The molecule has 1 unspecified atom stereocenters. The number of nitrogens with zero attached hydrogens (tertiary/aromatic N) is 3. The summed E-state index contributed by atoms with van der Waals surface area (Å²) in [6.07, 6.45) is 5.77. The van der Waals surface area contributed by atoms with Crippen molar-refractivity contribution in [1.29, 1.82) is 5.26 Å². The van der Waals surface area contributed by atoms with E-state index in [0.717, 1.165) is 35.1 Å². The molecule has 2 rings (SSSR count). The first-order valence-corrected chi connectivity index (χ1v) is 7.24. The third kappa shape index (κ3) is 2.61. The summed E-state index contributed by atoms with van der Waals surface area (Å²) in [6.45, 7) is 5.47. The fourth-order valence-electron chi connectivity index (χ4n) is 2.34. The van der Waals surface area contributed by atoms with E-state index >= 15 is 0 Å². The van der Waals surface area contributed by atoms with Crippen LogP contribution in [0.4, 0.5) is 5.13 Å². The highest BCUT2D eigenvalue weighted by Gasteiger charge is 2.22. The molecule has 0 N–H and O–H groups in total. The predicted octanol–water partition coefficient (Wildman–Crippen LogP) is 3.35. The Bertz CT molecular complexity index is 419. The van der Waals surface area contributed by atoms with Gasteiger partial charge in [0.2, 0.25) is 0 Å². The van der Waals surface area contributed by atoms with Crippen LogP contribution < -0.4 is 4.90 Å². The summed E-state index contributed by atoms with van der Waals surface area (Å²) in [5.41, 5.74) is 0.993. The van der Waals surface area contributed by atoms with Crippen LogP contribution in [0.5, 0.6) is 0 Å². The lowest BCUT2D eigenvalue weighted by atomic mass is 10.0. The minimum atomic E-state index is 0.566. The van der Waals surface area contributed by atoms with Crippen molar-refractivity contribution < 1.29 is 0 Å². The highest BCUT2D eigenvalue weighted by atomic mass is 32.1. The number of hydrogen-bond donors (Lipinski definition) is 0. The van der Waals surface area contributed by atoms with Gasteiger partial charge in [-0.2, -0.15) is 5.26 Å². The molecule has 1 aliphatic rings. The zero-order valence-electron chi connectivity index (χ0n) is 10.6. The predicted molar refractivity (Wildman–Crippen MR) is 71.5 cm³/mol. The van der Waals surface area contributed by atoms with Gasteiger partial charge in [-0.1, -0.05) is 24.7 Å². The molecule has 0 radical (unpaired) electrons. The second-order valence-corrected chi connectivity index (χ2v) is 5.65. The lowest BCUT2D eigenvalue weighted by Crippen LogP contribution is -2.37. The average molecular weight is 249 g/mol. The quantitative estimate of drug-likeness (QED) is 0.824. The molecule has 0 aliphatic carbocycles. The smallest absolute Gasteiger partial charge is 0.187 e. The summed E-state index contributed by atoms with van der Waals surface area (Å²) in [5.74, 6) is 0. The van der Waals surface area contributed by atoms with Crippen LogP contribution in [0.2, 0.25) is 0 Å². The maximum atomic E-state index is 9.12. The van der Waals surface area contributed by atoms with Crippen LogP contribution in [0, 0.1) is 11.3 Å². The van der Waals surface area contributed by atoms with E-state index in [-0.39, 0.29) is 0 Å². The fourth-order valence-corrected chi connectivity index (χ4v) is 3.38. The molecule has 2 heterocycles. The van der Waals surface area contributed by atoms with Crippen LogP contribution in [0.1, 0.15) is 50.1 Å². The first-order valence-electron chi connectivity index (χ1n) is 6.42. The van der Waals surface area contributed by atoms with Crippen molar-refractivity contribution in [2.75, 3.05) is 11.4 Å². The molecule has 0 spiro atoms. The van der Waals surface area contributed by atoms with Crippen LogP contribution in [-0.2, 0) is 6.42 Å². The summed E-state index contributed by atoms with van der Waals surface area (Å²) in [5, 5.41) is 10.2. The van der Waals surface area contributed by atoms with E-state index in [1.165, 1.54) is 19.3 Å². The fraction of sp³-hybridized carbons (Fsp3) is 0.692. The molecule has 0 aromatic carbocycles. The zero-order valence-corrected chi connectivity index (χ0v) is 11.4. The lowest BCUT2D eigenvalue weighted by molar-refractivity contribution is 0.484. The van der Waals surface area contributed by atoms with Gasteiger partial charge in [-0.05, 0) is 32.6 Å². The Morgan fingerprint density at radius 1 is 1.53 bits per heavy atom. The van der Waals surface area contributed by atoms with E-state index in [1.54, 1.807) is 11.3 Å². The average Bonchev–Trinajstić information content (AvgIpc) is 2.73. The van der Waals surface area contributed by atoms with Crippen molar-refractivity contribution >= 4 is 16.5 Å². The standard InChI is InChI=1S/C13H19N3S/c1-3-6-11-12(9-14)17-13(15-11)16-8-5-4-7-10(16)2/h10H,3-8H2,1-2H3. The van der Waals surface area contributed by atoms with Crippen molar-refractivity contribution in [2.24, 2.45) is 0 Å². The molecule has 1 aromatic heterocycles. The van der Waals surface area contributed by atoms with Crippen molar-refractivity contribution in [3.8, 4) is 6.07 Å². The van der Waals surface area contributed by atoms with E-state index < -0.39 is 0 Å². The third-order valence-corrected chi connectivity index (χ3v) is 4.36. The number of thiazole rings is 1. The third-order valence-electron chi connectivity index (χ3n) is 3.32. The van der Waals surface area contributed by atoms with Gasteiger partial charge in [-0.25, -0.2) is 4.98 Å². The second-order valence-electron chi connectivity index (χ2n) is 4.67. The normalized spacial score (nSPS) is 20.3. The van der Waals surface area contributed by atoms with Gasteiger partial charge >= 0.3 is 0 Å². The Labute approximate surface area is 107 Å². The Morgan fingerprint density at radius 2 is 2.35 bits per heavy atom. The van der Waals surface area contributed by atoms with Crippen molar-refractivity contribution in [2.45, 2.75) is 52.0 Å². The molecule has 0 saturated carbocycles. The summed E-state index contributed by atoms with van der Waals surface area (Å²) in [6, 6.07) is 2.85. The van der Waals surface area contributed by atoms with Gasteiger partial charge in [0, 0.05) is 12.6 Å². The van der Waals surface area contributed by atoms with Crippen molar-refractivity contribution in [1.82, 2.24) is 4.98 Å². The van der Waals surface area contributed by atoms with E-state index in [2.05, 4.69) is 29.8 Å².